The van der Waals surface area contributed by atoms with E-state index in [0.717, 1.165) is 28.7 Å². The molecule has 0 radical (unpaired) electrons. The fourth-order valence-corrected chi connectivity index (χ4v) is 4.12. The minimum absolute atomic E-state index is 0. The second-order valence-corrected chi connectivity index (χ2v) is 13.3. The predicted octanol–water partition coefficient (Wildman–Crippen LogP) is 8.51. The normalized spacial score (nSPS) is 13.1. The number of hydrogen-bond donors (Lipinski definition) is 2. The molecule has 0 bridgehead atoms. The maximum Gasteiger partial charge on any atom is 0.123 e. The van der Waals surface area contributed by atoms with Crippen molar-refractivity contribution in [2.75, 3.05) is 0 Å². The van der Waals surface area contributed by atoms with Crippen molar-refractivity contribution >= 4 is 0 Å². The largest absolute Gasteiger partial charge is 0.507 e. The third-order valence-electron chi connectivity index (χ3n) is 5.98. The molecule has 0 aliphatic carbocycles. The van der Waals surface area contributed by atoms with Gasteiger partial charge < -0.3 is 10.2 Å². The Labute approximate surface area is 198 Å². The van der Waals surface area contributed by atoms with E-state index in [1.165, 1.54) is 11.1 Å². The lowest BCUT2D eigenvalue weighted by atomic mass is 9.76. The first-order chi connectivity index (χ1) is 13.7. The zero-order valence-electron chi connectivity index (χ0n) is 21.9. The number of aromatic hydroxyl groups is 2. The number of phenols is 2. The zero-order chi connectivity index (χ0) is 24.2. The molecule has 0 aromatic heterocycles. The van der Waals surface area contributed by atoms with Crippen molar-refractivity contribution in [3.8, 4) is 11.5 Å². The summed E-state index contributed by atoms with van der Waals surface area (Å²) in [5.74, 6) is 0.834. The van der Waals surface area contributed by atoms with E-state index < -0.39 is 0 Å². The third kappa shape index (κ3) is 6.09. The molecule has 2 rings (SSSR count). The maximum atomic E-state index is 11.1. The van der Waals surface area contributed by atoms with Gasteiger partial charge in [-0.2, -0.15) is 0 Å². The summed E-state index contributed by atoms with van der Waals surface area (Å²) in [7, 11) is 0. The molecule has 2 aromatic carbocycles. The summed E-state index contributed by atoms with van der Waals surface area (Å²) in [4.78, 5) is 0. The van der Waals surface area contributed by atoms with Crippen LogP contribution in [0.2, 0.25) is 0 Å². The number of phenolic OH excluding ortho intramolecular Hbond substituents is 2. The average molecular weight is 441 g/mol. The second-order valence-electron chi connectivity index (χ2n) is 13.3. The highest BCUT2D eigenvalue weighted by Gasteiger charge is 2.28. The summed E-state index contributed by atoms with van der Waals surface area (Å²) in [6.45, 7) is 25.8. The monoisotopic (exact) mass is 440 g/mol. The van der Waals surface area contributed by atoms with Crippen LogP contribution in [-0.2, 0) is 28.1 Å². The van der Waals surface area contributed by atoms with E-state index in [9.17, 15) is 10.2 Å². The van der Waals surface area contributed by atoms with Crippen LogP contribution >= 0.6 is 0 Å². The van der Waals surface area contributed by atoms with Crippen molar-refractivity contribution in [2.45, 2.75) is 119 Å². The van der Waals surface area contributed by atoms with Gasteiger partial charge >= 0.3 is 0 Å². The number of hydrogen-bond acceptors (Lipinski definition) is 2. The van der Waals surface area contributed by atoms with Crippen LogP contribution in [0.5, 0.6) is 11.5 Å². The van der Waals surface area contributed by atoms with E-state index in [2.05, 4.69) is 107 Å². The fourth-order valence-electron chi connectivity index (χ4n) is 4.12. The van der Waals surface area contributed by atoms with Gasteiger partial charge in [0.1, 0.15) is 11.5 Å². The van der Waals surface area contributed by atoms with Crippen molar-refractivity contribution in [3.63, 3.8) is 0 Å². The molecule has 0 unspecified atom stereocenters. The molecular formula is C30H48O2. The highest BCUT2D eigenvalue weighted by Crippen LogP contribution is 2.42. The smallest absolute Gasteiger partial charge is 0.123 e. The molecule has 0 amide bonds. The summed E-state index contributed by atoms with van der Waals surface area (Å²) >= 11 is 0. The molecule has 0 saturated heterocycles. The topological polar surface area (TPSA) is 40.5 Å². The quantitative estimate of drug-likeness (QED) is 0.491. The molecule has 0 atom stereocenters. The van der Waals surface area contributed by atoms with E-state index in [0.29, 0.717) is 11.5 Å². The molecule has 180 valence electrons. The molecule has 0 aliphatic rings. The van der Waals surface area contributed by atoms with Gasteiger partial charge in [-0.3, -0.25) is 0 Å². The Balaban J connectivity index is 0.00000512. The van der Waals surface area contributed by atoms with Crippen LogP contribution in [-0.4, -0.2) is 10.2 Å². The molecular weight excluding hydrogens is 392 g/mol. The Bertz CT molecular complexity index is 803. The summed E-state index contributed by atoms with van der Waals surface area (Å²) in [6, 6.07) is 8.63. The van der Waals surface area contributed by atoms with Crippen LogP contribution < -0.4 is 0 Å². The van der Waals surface area contributed by atoms with Crippen molar-refractivity contribution in [3.05, 3.63) is 57.6 Å². The second kappa shape index (κ2) is 8.76. The number of benzene rings is 2. The molecule has 2 N–H and O–H groups in total. The van der Waals surface area contributed by atoms with E-state index in [-0.39, 0.29) is 29.1 Å². The Morgan fingerprint density at radius 3 is 0.812 bits per heavy atom. The minimum atomic E-state index is -0.151. The summed E-state index contributed by atoms with van der Waals surface area (Å²) < 4.78 is 0. The van der Waals surface area contributed by atoms with Gasteiger partial charge in [-0.15, -0.1) is 0 Å². The van der Waals surface area contributed by atoms with Crippen molar-refractivity contribution in [1.82, 2.24) is 0 Å². The highest BCUT2D eigenvalue weighted by molar-refractivity contribution is 5.53. The standard InChI is InChI=1S/C29H44O2.CH4/c1-26(2,3)20-14-18(15-21(24(20)30)27(4,5)6)13-19-16-22(28(7,8)9)25(31)23(17-19)29(10,11)12;/h14-17,30-31H,13H2,1-12H3;1H4. The molecule has 0 saturated carbocycles. The highest BCUT2D eigenvalue weighted by atomic mass is 16.3. The van der Waals surface area contributed by atoms with Gasteiger partial charge in [0.25, 0.3) is 0 Å². The van der Waals surface area contributed by atoms with E-state index in [1.54, 1.807) is 0 Å². The van der Waals surface area contributed by atoms with Gasteiger partial charge in [0.2, 0.25) is 0 Å². The molecule has 0 heterocycles. The SMILES string of the molecule is C.CC(C)(C)c1cc(Cc2cc(C(C)(C)C)c(O)c(C(C)(C)C)c2)cc(C(C)(C)C)c1O. The zero-order valence-corrected chi connectivity index (χ0v) is 21.9. The molecule has 32 heavy (non-hydrogen) atoms. The van der Waals surface area contributed by atoms with Crippen LogP contribution in [0.15, 0.2) is 24.3 Å². The van der Waals surface area contributed by atoms with Gasteiger partial charge in [-0.1, -0.05) is 115 Å². The van der Waals surface area contributed by atoms with Gasteiger partial charge in [0.05, 0.1) is 0 Å². The van der Waals surface area contributed by atoms with Gasteiger partial charge in [-0.25, -0.2) is 0 Å². The van der Waals surface area contributed by atoms with Gasteiger partial charge in [-0.05, 0) is 61.5 Å². The van der Waals surface area contributed by atoms with Crippen LogP contribution in [0, 0.1) is 0 Å². The molecule has 2 aromatic rings. The summed E-state index contributed by atoms with van der Waals surface area (Å²) in [5.41, 5.74) is 5.73. The van der Waals surface area contributed by atoms with Crippen LogP contribution in [0.1, 0.15) is 124 Å². The van der Waals surface area contributed by atoms with Crippen molar-refractivity contribution in [2.24, 2.45) is 0 Å². The molecule has 2 heteroatoms. The van der Waals surface area contributed by atoms with Crippen LogP contribution in [0.3, 0.4) is 0 Å². The summed E-state index contributed by atoms with van der Waals surface area (Å²) in [6.07, 6.45) is 0.763. The van der Waals surface area contributed by atoms with E-state index >= 15 is 0 Å². The summed E-state index contributed by atoms with van der Waals surface area (Å²) in [5, 5.41) is 22.1. The van der Waals surface area contributed by atoms with Crippen molar-refractivity contribution in [1.29, 1.82) is 0 Å². The Kier molecular flexibility index (Phi) is 7.69. The maximum absolute atomic E-state index is 11.1. The number of rotatable bonds is 2. The van der Waals surface area contributed by atoms with Crippen molar-refractivity contribution < 1.29 is 10.2 Å². The average Bonchev–Trinajstić information content (AvgIpc) is 2.53. The fraction of sp³-hybridized carbons (Fsp3) is 0.600. The van der Waals surface area contributed by atoms with Gasteiger partial charge in [0.15, 0.2) is 0 Å². The molecule has 0 aliphatic heterocycles. The minimum Gasteiger partial charge on any atom is -0.507 e. The van der Waals surface area contributed by atoms with Crippen LogP contribution in [0.25, 0.3) is 0 Å². The third-order valence-corrected chi connectivity index (χ3v) is 5.98. The molecule has 0 spiro atoms. The van der Waals surface area contributed by atoms with E-state index in [1.807, 2.05) is 0 Å². The van der Waals surface area contributed by atoms with Crippen LogP contribution in [0.4, 0.5) is 0 Å². The first kappa shape index (κ1) is 28.1. The first-order valence-corrected chi connectivity index (χ1v) is 11.5. The molecule has 2 nitrogen and oxygen atoms in total. The Morgan fingerprint density at radius 1 is 0.469 bits per heavy atom. The predicted molar refractivity (Wildman–Crippen MR) is 141 cm³/mol. The van der Waals surface area contributed by atoms with E-state index in [4.69, 9.17) is 0 Å². The molecule has 0 fully saturated rings. The lowest BCUT2D eigenvalue weighted by Gasteiger charge is -2.29. The lowest BCUT2D eigenvalue weighted by Crippen LogP contribution is -2.19. The Morgan fingerprint density at radius 2 is 0.656 bits per heavy atom. The Hall–Kier alpha value is -1.96. The lowest BCUT2D eigenvalue weighted by molar-refractivity contribution is 0.422. The first-order valence-electron chi connectivity index (χ1n) is 11.5. The van der Waals surface area contributed by atoms with Gasteiger partial charge in [0, 0.05) is 0 Å².